The van der Waals surface area contributed by atoms with Gasteiger partial charge in [0.2, 0.25) is 5.91 Å². The minimum atomic E-state index is 0.149. The van der Waals surface area contributed by atoms with Crippen molar-refractivity contribution in [2.24, 2.45) is 0 Å². The normalized spacial score (nSPS) is 16.4. The summed E-state index contributed by atoms with van der Waals surface area (Å²) in [6.07, 6.45) is 3.53. The molecule has 0 spiro atoms. The third-order valence-corrected chi connectivity index (χ3v) is 5.26. The van der Waals surface area contributed by atoms with Gasteiger partial charge in [-0.15, -0.1) is 0 Å². The number of amides is 1. The minimum absolute atomic E-state index is 0.149. The molecule has 1 N–H and O–H groups in total. The lowest BCUT2D eigenvalue weighted by atomic mass is 10.0. The summed E-state index contributed by atoms with van der Waals surface area (Å²) in [5, 5.41) is 12.0. The quantitative estimate of drug-likeness (QED) is 0.842. The molecule has 1 aliphatic heterocycles. The Hall–Kier alpha value is -2.84. The van der Waals surface area contributed by atoms with Crippen LogP contribution in [0, 0.1) is 11.3 Å². The molecule has 1 fully saturated rings. The van der Waals surface area contributed by atoms with Crippen molar-refractivity contribution in [3.05, 3.63) is 64.7 Å². The lowest BCUT2D eigenvalue weighted by Crippen LogP contribution is -2.25. The summed E-state index contributed by atoms with van der Waals surface area (Å²) < 4.78 is 5.93. The van der Waals surface area contributed by atoms with Crippen LogP contribution in [0.2, 0.25) is 0 Å². The van der Waals surface area contributed by atoms with E-state index in [-0.39, 0.29) is 5.91 Å². The Bertz CT molecular complexity index is 882. The molecule has 0 radical (unpaired) electrons. The number of aryl methyl sites for hydroxylation is 1. The largest absolute Gasteiger partial charge is 0.492 e. The van der Waals surface area contributed by atoms with Crippen molar-refractivity contribution in [3.8, 4) is 11.8 Å². The standard InChI is InChI=1S/C23H25N3O2/c24-14-18-1-3-19(4-2-18)15-26-11-12-28-22-9-5-17(13-20(22)16-26)6-10-23(27)25-21-7-8-21/h1-5,9,13,21H,6-8,10-12,15-16H2,(H,25,27). The molecule has 1 heterocycles. The Kier molecular flexibility index (Phi) is 5.59. The number of hydrogen-bond acceptors (Lipinski definition) is 4. The Labute approximate surface area is 165 Å². The fourth-order valence-electron chi connectivity index (χ4n) is 3.52. The zero-order valence-electron chi connectivity index (χ0n) is 16.0. The molecule has 0 saturated heterocycles. The SMILES string of the molecule is N#Cc1ccc(CN2CCOc3ccc(CCC(=O)NC4CC4)cc3C2)cc1. The molecule has 1 amide bonds. The van der Waals surface area contributed by atoms with Crippen LogP contribution in [0.25, 0.3) is 0 Å². The molecule has 2 aromatic rings. The number of hydrogen-bond donors (Lipinski definition) is 1. The van der Waals surface area contributed by atoms with Crippen molar-refractivity contribution >= 4 is 5.91 Å². The molecule has 2 aliphatic rings. The Morgan fingerprint density at radius 1 is 1.18 bits per heavy atom. The summed E-state index contributed by atoms with van der Waals surface area (Å²) in [6, 6.07) is 16.6. The van der Waals surface area contributed by atoms with Crippen molar-refractivity contribution < 1.29 is 9.53 Å². The second-order valence-corrected chi connectivity index (χ2v) is 7.65. The highest BCUT2D eigenvalue weighted by molar-refractivity contribution is 5.76. The van der Waals surface area contributed by atoms with E-state index in [1.165, 1.54) is 16.7 Å². The average Bonchev–Trinajstić information content (AvgIpc) is 3.53. The third kappa shape index (κ3) is 4.90. The first-order chi connectivity index (χ1) is 13.7. The number of rotatable bonds is 6. The lowest BCUT2D eigenvalue weighted by Gasteiger charge is -2.19. The molecule has 0 atom stereocenters. The number of nitrogens with zero attached hydrogens (tertiary/aromatic N) is 2. The van der Waals surface area contributed by atoms with E-state index in [2.05, 4.69) is 28.4 Å². The predicted molar refractivity (Wildman–Crippen MR) is 107 cm³/mol. The monoisotopic (exact) mass is 375 g/mol. The topological polar surface area (TPSA) is 65.4 Å². The maximum Gasteiger partial charge on any atom is 0.220 e. The molecule has 4 rings (SSSR count). The van der Waals surface area contributed by atoms with Crippen LogP contribution >= 0.6 is 0 Å². The summed E-state index contributed by atoms with van der Waals surface area (Å²) in [4.78, 5) is 14.3. The van der Waals surface area contributed by atoms with E-state index in [1.807, 2.05) is 30.3 Å². The molecular formula is C23H25N3O2. The van der Waals surface area contributed by atoms with Gasteiger partial charge < -0.3 is 10.1 Å². The van der Waals surface area contributed by atoms with Gasteiger partial charge in [0.25, 0.3) is 0 Å². The average molecular weight is 375 g/mol. The van der Waals surface area contributed by atoms with Gasteiger partial charge in [0.1, 0.15) is 12.4 Å². The first-order valence-corrected chi connectivity index (χ1v) is 9.95. The number of nitrogens with one attached hydrogen (secondary N) is 1. The van der Waals surface area contributed by atoms with E-state index < -0.39 is 0 Å². The summed E-state index contributed by atoms with van der Waals surface area (Å²) in [7, 11) is 0. The molecule has 0 aromatic heterocycles. The van der Waals surface area contributed by atoms with Crippen LogP contribution in [-0.4, -0.2) is 30.0 Å². The van der Waals surface area contributed by atoms with Crippen molar-refractivity contribution in [1.82, 2.24) is 10.2 Å². The Morgan fingerprint density at radius 2 is 1.96 bits per heavy atom. The zero-order valence-corrected chi connectivity index (χ0v) is 16.0. The van der Waals surface area contributed by atoms with Crippen LogP contribution in [-0.2, 0) is 24.3 Å². The summed E-state index contributed by atoms with van der Waals surface area (Å²) >= 11 is 0. The Balaban J connectivity index is 1.39. The number of ether oxygens (including phenoxy) is 1. The van der Waals surface area contributed by atoms with Gasteiger partial charge >= 0.3 is 0 Å². The second-order valence-electron chi connectivity index (χ2n) is 7.65. The molecule has 28 heavy (non-hydrogen) atoms. The molecule has 144 valence electrons. The van der Waals surface area contributed by atoms with E-state index in [0.29, 0.717) is 24.6 Å². The van der Waals surface area contributed by atoms with Gasteiger partial charge in [-0.2, -0.15) is 5.26 Å². The van der Waals surface area contributed by atoms with E-state index in [0.717, 1.165) is 44.6 Å². The van der Waals surface area contributed by atoms with Crippen molar-refractivity contribution in [3.63, 3.8) is 0 Å². The number of carbonyl (C=O) groups excluding carboxylic acids is 1. The number of carbonyl (C=O) groups is 1. The maximum atomic E-state index is 11.9. The fourth-order valence-corrected chi connectivity index (χ4v) is 3.52. The van der Waals surface area contributed by atoms with Gasteiger partial charge in [-0.05, 0) is 48.6 Å². The fraction of sp³-hybridized carbons (Fsp3) is 0.391. The molecule has 5 heteroatoms. The van der Waals surface area contributed by atoms with E-state index in [9.17, 15) is 4.79 Å². The second kappa shape index (κ2) is 8.45. The van der Waals surface area contributed by atoms with Gasteiger partial charge in [0, 0.05) is 37.7 Å². The van der Waals surface area contributed by atoms with Gasteiger partial charge in [-0.1, -0.05) is 24.3 Å². The first kappa shape index (κ1) is 18.5. The molecule has 1 saturated carbocycles. The van der Waals surface area contributed by atoms with Crippen molar-refractivity contribution in [2.75, 3.05) is 13.2 Å². The van der Waals surface area contributed by atoms with Gasteiger partial charge in [0.15, 0.2) is 0 Å². The summed E-state index contributed by atoms with van der Waals surface area (Å²) in [6.45, 7) is 3.15. The van der Waals surface area contributed by atoms with Gasteiger partial charge in [-0.25, -0.2) is 0 Å². The molecule has 2 aromatic carbocycles. The molecule has 5 nitrogen and oxygen atoms in total. The number of nitriles is 1. The van der Waals surface area contributed by atoms with Crippen LogP contribution in [0.4, 0.5) is 0 Å². The highest BCUT2D eigenvalue weighted by atomic mass is 16.5. The van der Waals surface area contributed by atoms with Crippen molar-refractivity contribution in [1.29, 1.82) is 5.26 Å². The van der Waals surface area contributed by atoms with Crippen LogP contribution in [0.15, 0.2) is 42.5 Å². The number of benzene rings is 2. The zero-order chi connectivity index (χ0) is 19.3. The van der Waals surface area contributed by atoms with Crippen LogP contribution in [0.1, 0.15) is 41.5 Å². The summed E-state index contributed by atoms with van der Waals surface area (Å²) in [5.74, 6) is 1.09. The van der Waals surface area contributed by atoms with Crippen molar-refractivity contribution in [2.45, 2.75) is 44.8 Å². The number of fused-ring (bicyclic) bond motifs is 1. The minimum Gasteiger partial charge on any atom is -0.492 e. The highest BCUT2D eigenvalue weighted by Gasteiger charge is 2.23. The predicted octanol–water partition coefficient (Wildman–Crippen LogP) is 3.16. The first-order valence-electron chi connectivity index (χ1n) is 9.95. The molecule has 0 bridgehead atoms. The van der Waals surface area contributed by atoms with Crippen LogP contribution in [0.3, 0.4) is 0 Å². The van der Waals surface area contributed by atoms with E-state index >= 15 is 0 Å². The Morgan fingerprint density at radius 3 is 2.71 bits per heavy atom. The summed E-state index contributed by atoms with van der Waals surface area (Å²) in [5.41, 5.74) is 4.22. The third-order valence-electron chi connectivity index (χ3n) is 5.26. The highest BCUT2D eigenvalue weighted by Crippen LogP contribution is 2.26. The van der Waals surface area contributed by atoms with Gasteiger partial charge in [-0.3, -0.25) is 9.69 Å². The molecular weight excluding hydrogens is 350 g/mol. The van der Waals surface area contributed by atoms with Crippen LogP contribution in [0.5, 0.6) is 5.75 Å². The molecule has 1 aliphatic carbocycles. The van der Waals surface area contributed by atoms with E-state index in [1.54, 1.807) is 0 Å². The lowest BCUT2D eigenvalue weighted by molar-refractivity contribution is -0.121. The molecule has 0 unspecified atom stereocenters. The van der Waals surface area contributed by atoms with Gasteiger partial charge in [0.05, 0.1) is 11.6 Å². The maximum absolute atomic E-state index is 11.9. The van der Waals surface area contributed by atoms with E-state index in [4.69, 9.17) is 10.00 Å². The smallest absolute Gasteiger partial charge is 0.220 e. The van der Waals surface area contributed by atoms with Crippen LogP contribution < -0.4 is 10.1 Å².